The number of hydrogen-bond donors (Lipinski definition) is 1. The molecule has 1 aromatic heterocycles. The van der Waals surface area contributed by atoms with Gasteiger partial charge in [-0.15, -0.1) is 11.8 Å². The minimum Gasteiger partial charge on any atom is -0.310 e. The maximum Gasteiger partial charge on any atom is 0.235 e. The fraction of sp³-hybridized carbons (Fsp3) is 0.111. The molecule has 4 nitrogen and oxygen atoms in total. The van der Waals surface area contributed by atoms with Crippen LogP contribution in [-0.2, 0) is 4.79 Å². The van der Waals surface area contributed by atoms with Gasteiger partial charge in [0.25, 0.3) is 0 Å². The number of hydrogen-bond acceptors (Lipinski definition) is 3. The Balaban J connectivity index is 1.68. The van der Waals surface area contributed by atoms with Crippen LogP contribution in [0.4, 0.5) is 10.2 Å². The van der Waals surface area contributed by atoms with E-state index in [4.69, 9.17) is 11.6 Å². The quantitative estimate of drug-likeness (QED) is 0.657. The van der Waals surface area contributed by atoms with Crippen LogP contribution in [0.25, 0.3) is 5.69 Å². The van der Waals surface area contributed by atoms with Gasteiger partial charge in [0.1, 0.15) is 11.6 Å². The Bertz CT molecular complexity index is 899. The number of carbonyl (C=O) groups excluding carboxylic acids is 1. The third-order valence-electron chi connectivity index (χ3n) is 3.36. The van der Waals surface area contributed by atoms with Crippen molar-refractivity contribution in [1.82, 2.24) is 9.78 Å². The lowest BCUT2D eigenvalue weighted by Gasteiger charge is -2.09. The van der Waals surface area contributed by atoms with Crippen molar-refractivity contribution in [3.63, 3.8) is 0 Å². The molecule has 0 bridgehead atoms. The number of halogens is 2. The first-order valence-electron chi connectivity index (χ1n) is 7.53. The number of nitrogens with zero attached hydrogens (tertiary/aromatic N) is 2. The number of rotatable bonds is 5. The van der Waals surface area contributed by atoms with Crippen molar-refractivity contribution in [2.45, 2.75) is 11.8 Å². The number of amides is 1. The third kappa shape index (κ3) is 4.41. The fourth-order valence-corrected chi connectivity index (χ4v) is 3.23. The van der Waals surface area contributed by atoms with Crippen molar-refractivity contribution in [3.05, 3.63) is 71.1 Å². The summed E-state index contributed by atoms with van der Waals surface area (Å²) >= 11 is 7.04. The molecule has 2 aromatic carbocycles. The average Bonchev–Trinajstić information content (AvgIpc) is 2.97. The summed E-state index contributed by atoms with van der Waals surface area (Å²) in [4.78, 5) is 13.0. The smallest absolute Gasteiger partial charge is 0.235 e. The molecule has 0 unspecified atom stereocenters. The van der Waals surface area contributed by atoms with Crippen molar-refractivity contribution in [2.75, 3.05) is 11.1 Å². The second-order valence-electron chi connectivity index (χ2n) is 5.33. The van der Waals surface area contributed by atoms with Gasteiger partial charge in [-0.2, -0.15) is 5.10 Å². The van der Waals surface area contributed by atoms with E-state index < -0.39 is 5.82 Å². The number of benzene rings is 2. The first-order valence-corrected chi connectivity index (χ1v) is 8.89. The molecule has 0 spiro atoms. The SMILES string of the molecule is Cc1cc(NC(=O)CSc2ccc(F)c(Cl)c2)n(-c2ccccc2)n1. The van der Waals surface area contributed by atoms with Gasteiger partial charge in [0.2, 0.25) is 5.91 Å². The van der Waals surface area contributed by atoms with Crippen LogP contribution in [-0.4, -0.2) is 21.4 Å². The van der Waals surface area contributed by atoms with E-state index in [1.165, 1.54) is 23.9 Å². The molecule has 1 N–H and O–H groups in total. The molecule has 0 aliphatic rings. The summed E-state index contributed by atoms with van der Waals surface area (Å²) in [5.74, 6) is 0.132. The highest BCUT2D eigenvalue weighted by Crippen LogP contribution is 2.24. The Kier molecular flexibility index (Phi) is 5.40. The van der Waals surface area contributed by atoms with Crippen LogP contribution in [0, 0.1) is 12.7 Å². The predicted molar refractivity (Wildman–Crippen MR) is 99.1 cm³/mol. The minimum atomic E-state index is -0.474. The summed E-state index contributed by atoms with van der Waals surface area (Å²) in [6.07, 6.45) is 0. The number of aromatic nitrogens is 2. The number of carbonyl (C=O) groups is 1. The van der Waals surface area contributed by atoms with Crippen LogP contribution < -0.4 is 5.32 Å². The predicted octanol–water partition coefficient (Wildman–Crippen LogP) is 4.70. The van der Waals surface area contributed by atoms with Crippen LogP contribution >= 0.6 is 23.4 Å². The normalized spacial score (nSPS) is 10.7. The number of aryl methyl sites for hydroxylation is 1. The highest BCUT2D eigenvalue weighted by molar-refractivity contribution is 8.00. The average molecular weight is 376 g/mol. The second kappa shape index (κ2) is 7.72. The van der Waals surface area contributed by atoms with Gasteiger partial charge in [-0.3, -0.25) is 4.79 Å². The third-order valence-corrected chi connectivity index (χ3v) is 4.64. The van der Waals surface area contributed by atoms with Crippen molar-refractivity contribution in [1.29, 1.82) is 0 Å². The molecule has 0 aliphatic heterocycles. The lowest BCUT2D eigenvalue weighted by molar-refractivity contribution is -0.113. The molecular weight excluding hydrogens is 361 g/mol. The molecule has 3 rings (SSSR count). The molecule has 3 aromatic rings. The highest BCUT2D eigenvalue weighted by Gasteiger charge is 2.11. The number of anilines is 1. The van der Waals surface area contributed by atoms with Crippen molar-refractivity contribution < 1.29 is 9.18 Å². The van der Waals surface area contributed by atoms with Gasteiger partial charge in [-0.1, -0.05) is 29.8 Å². The molecular formula is C18H15ClFN3OS. The van der Waals surface area contributed by atoms with E-state index in [0.29, 0.717) is 5.82 Å². The second-order valence-corrected chi connectivity index (χ2v) is 6.79. The van der Waals surface area contributed by atoms with Gasteiger partial charge in [-0.25, -0.2) is 9.07 Å². The molecule has 1 amide bonds. The summed E-state index contributed by atoms with van der Waals surface area (Å²) < 4.78 is 14.9. The molecule has 0 aliphatic carbocycles. The van der Waals surface area contributed by atoms with Crippen LogP contribution in [0.3, 0.4) is 0 Å². The minimum absolute atomic E-state index is 0.0446. The van der Waals surface area contributed by atoms with E-state index in [1.807, 2.05) is 43.3 Å². The topological polar surface area (TPSA) is 46.9 Å². The van der Waals surface area contributed by atoms with Crippen molar-refractivity contribution in [2.24, 2.45) is 0 Å². The summed E-state index contributed by atoms with van der Waals surface area (Å²) in [5, 5.41) is 7.31. The van der Waals surface area contributed by atoms with E-state index in [0.717, 1.165) is 16.3 Å². The Morgan fingerprint density at radius 3 is 2.72 bits per heavy atom. The highest BCUT2D eigenvalue weighted by atomic mass is 35.5. The summed E-state index contributed by atoms with van der Waals surface area (Å²) in [6.45, 7) is 1.87. The maximum absolute atomic E-state index is 13.2. The van der Waals surface area contributed by atoms with Crippen LogP contribution in [0.1, 0.15) is 5.69 Å². The fourth-order valence-electron chi connectivity index (χ4n) is 2.25. The zero-order valence-electron chi connectivity index (χ0n) is 13.4. The van der Waals surface area contributed by atoms with Crippen molar-refractivity contribution >= 4 is 35.1 Å². The standard InChI is InChI=1S/C18H15ClFN3OS/c1-12-9-17(23(22-12)13-5-3-2-4-6-13)21-18(24)11-25-14-7-8-16(20)15(19)10-14/h2-10H,11H2,1H3,(H,21,24). The molecule has 25 heavy (non-hydrogen) atoms. The lowest BCUT2D eigenvalue weighted by atomic mass is 10.3. The Morgan fingerprint density at radius 1 is 1.24 bits per heavy atom. The molecule has 0 radical (unpaired) electrons. The molecule has 7 heteroatoms. The Hall–Kier alpha value is -2.31. The molecule has 0 saturated heterocycles. The van der Waals surface area contributed by atoms with Gasteiger partial charge in [0, 0.05) is 11.0 Å². The summed E-state index contributed by atoms with van der Waals surface area (Å²) in [7, 11) is 0. The van der Waals surface area contributed by atoms with Crippen LogP contribution in [0.2, 0.25) is 5.02 Å². The number of thioether (sulfide) groups is 1. The molecule has 1 heterocycles. The molecule has 128 valence electrons. The van der Waals surface area contributed by atoms with Gasteiger partial charge >= 0.3 is 0 Å². The summed E-state index contributed by atoms with van der Waals surface area (Å²) in [6, 6.07) is 15.8. The lowest BCUT2D eigenvalue weighted by Crippen LogP contribution is -2.16. The molecule has 0 fully saturated rings. The largest absolute Gasteiger partial charge is 0.310 e. The zero-order valence-corrected chi connectivity index (χ0v) is 14.9. The van der Waals surface area contributed by atoms with E-state index in [2.05, 4.69) is 10.4 Å². The van der Waals surface area contributed by atoms with Crippen LogP contribution in [0.5, 0.6) is 0 Å². The Morgan fingerprint density at radius 2 is 2.00 bits per heavy atom. The molecule has 0 atom stereocenters. The van der Waals surface area contributed by atoms with Gasteiger partial charge in [0.15, 0.2) is 0 Å². The van der Waals surface area contributed by atoms with E-state index in [1.54, 1.807) is 10.7 Å². The van der Waals surface area contributed by atoms with Gasteiger partial charge < -0.3 is 5.32 Å². The monoisotopic (exact) mass is 375 g/mol. The Labute approximate surface area is 154 Å². The van der Waals surface area contributed by atoms with E-state index in [9.17, 15) is 9.18 Å². The first kappa shape index (κ1) is 17.5. The van der Waals surface area contributed by atoms with Gasteiger partial charge in [-0.05, 0) is 37.3 Å². The molecule has 0 saturated carbocycles. The number of nitrogens with one attached hydrogen (secondary N) is 1. The van der Waals surface area contributed by atoms with Crippen LogP contribution in [0.15, 0.2) is 59.5 Å². The van der Waals surface area contributed by atoms with Gasteiger partial charge in [0.05, 0.1) is 22.2 Å². The van der Waals surface area contributed by atoms with Crippen molar-refractivity contribution in [3.8, 4) is 5.69 Å². The van der Waals surface area contributed by atoms with E-state index >= 15 is 0 Å². The zero-order chi connectivity index (χ0) is 17.8. The first-order chi connectivity index (χ1) is 12.0. The maximum atomic E-state index is 13.2. The number of para-hydroxylation sites is 1. The van der Waals surface area contributed by atoms with E-state index in [-0.39, 0.29) is 16.7 Å². The summed E-state index contributed by atoms with van der Waals surface area (Å²) in [5.41, 5.74) is 1.67.